The zero-order valence-electron chi connectivity index (χ0n) is 26.0. The second-order valence-electron chi connectivity index (χ2n) is 12.0. The summed E-state index contributed by atoms with van der Waals surface area (Å²) in [5.41, 5.74) is 5.39. The standard InChI is InChI=1S/C34H41N5O4/c1-7-39-28-11-10-25(19-29(28)36(6)32(41)34(4,5)33(39)42)9-8-15-37(22-26-20-35-14-12-23(26)2)16-17-38-21-24(3)30-27(31(38)40)13-18-43-30/h10-14,18-21H,7-9,15-17,22H2,1-6H3. The van der Waals surface area contributed by atoms with Gasteiger partial charge in [-0.3, -0.25) is 24.3 Å². The van der Waals surface area contributed by atoms with Crippen LogP contribution in [-0.4, -0.2) is 52.9 Å². The number of carbonyl (C=O) groups is 2. The summed E-state index contributed by atoms with van der Waals surface area (Å²) in [5, 5.41) is 0.605. The van der Waals surface area contributed by atoms with Crippen LogP contribution in [0.4, 0.5) is 11.4 Å². The smallest absolute Gasteiger partial charge is 0.261 e. The molecule has 0 atom stereocenters. The highest BCUT2D eigenvalue weighted by atomic mass is 16.3. The van der Waals surface area contributed by atoms with Crippen molar-refractivity contribution in [3.05, 3.63) is 87.8 Å². The predicted octanol–water partition coefficient (Wildman–Crippen LogP) is 5.10. The molecular weight excluding hydrogens is 542 g/mol. The summed E-state index contributed by atoms with van der Waals surface area (Å²) in [6, 6.07) is 9.83. The summed E-state index contributed by atoms with van der Waals surface area (Å²) >= 11 is 0. The van der Waals surface area contributed by atoms with Gasteiger partial charge in [0.05, 0.1) is 23.0 Å². The number of nitrogens with zero attached hydrogens (tertiary/aromatic N) is 5. The van der Waals surface area contributed by atoms with E-state index >= 15 is 0 Å². The third-order valence-corrected chi connectivity index (χ3v) is 8.63. The number of fused-ring (bicyclic) bond motifs is 2. The van der Waals surface area contributed by atoms with Crippen molar-refractivity contribution >= 4 is 34.2 Å². The molecule has 0 saturated heterocycles. The summed E-state index contributed by atoms with van der Waals surface area (Å²) < 4.78 is 7.28. The molecule has 0 saturated carbocycles. The Balaban J connectivity index is 1.33. The van der Waals surface area contributed by atoms with Crippen LogP contribution in [0.3, 0.4) is 0 Å². The molecule has 0 bridgehead atoms. The van der Waals surface area contributed by atoms with E-state index in [1.54, 1.807) is 53.8 Å². The van der Waals surface area contributed by atoms with Crippen LogP contribution < -0.4 is 15.4 Å². The molecule has 5 rings (SSSR count). The molecule has 43 heavy (non-hydrogen) atoms. The van der Waals surface area contributed by atoms with Crippen molar-refractivity contribution < 1.29 is 14.0 Å². The Kier molecular flexibility index (Phi) is 8.55. The van der Waals surface area contributed by atoms with Crippen LogP contribution in [-0.2, 0) is 29.1 Å². The van der Waals surface area contributed by atoms with E-state index in [0.717, 1.165) is 54.0 Å². The van der Waals surface area contributed by atoms with Crippen LogP contribution in [0.2, 0.25) is 0 Å². The normalized spacial score (nSPS) is 15.0. The number of hydrogen-bond donors (Lipinski definition) is 0. The SMILES string of the molecule is CCN1C(=O)C(C)(C)C(=O)N(C)c2cc(CCCN(CCn3cc(C)c4occc4c3=O)Cc3cnccc3C)ccc21. The number of aryl methyl sites for hydroxylation is 3. The third-order valence-electron chi connectivity index (χ3n) is 8.63. The van der Waals surface area contributed by atoms with E-state index in [2.05, 4.69) is 22.9 Å². The van der Waals surface area contributed by atoms with E-state index in [1.165, 1.54) is 5.56 Å². The Morgan fingerprint density at radius 1 is 0.977 bits per heavy atom. The number of aromatic nitrogens is 2. The van der Waals surface area contributed by atoms with Crippen molar-refractivity contribution in [3.63, 3.8) is 0 Å². The average molecular weight is 584 g/mol. The summed E-state index contributed by atoms with van der Waals surface area (Å²) in [7, 11) is 1.75. The van der Waals surface area contributed by atoms with Crippen LogP contribution in [0.5, 0.6) is 0 Å². The third kappa shape index (κ3) is 5.86. The zero-order chi connectivity index (χ0) is 30.9. The van der Waals surface area contributed by atoms with Crippen molar-refractivity contribution in [2.45, 2.75) is 60.5 Å². The van der Waals surface area contributed by atoms with Crippen molar-refractivity contribution in [2.24, 2.45) is 5.41 Å². The van der Waals surface area contributed by atoms with Crippen LogP contribution in [0.15, 0.2) is 64.4 Å². The minimum absolute atomic E-state index is 0.0433. The molecule has 0 radical (unpaired) electrons. The Morgan fingerprint density at radius 2 is 1.77 bits per heavy atom. The lowest BCUT2D eigenvalue weighted by Crippen LogP contribution is -2.47. The number of amides is 2. The van der Waals surface area contributed by atoms with Gasteiger partial charge in [-0.15, -0.1) is 0 Å². The first-order chi connectivity index (χ1) is 20.5. The van der Waals surface area contributed by atoms with E-state index in [9.17, 15) is 14.4 Å². The minimum atomic E-state index is -1.13. The molecule has 4 aromatic rings. The fraction of sp³-hybridized carbons (Fsp3) is 0.412. The monoisotopic (exact) mass is 583 g/mol. The van der Waals surface area contributed by atoms with Gasteiger partial charge in [0.2, 0.25) is 11.8 Å². The first-order valence-corrected chi connectivity index (χ1v) is 14.9. The lowest BCUT2D eigenvalue weighted by Gasteiger charge is -2.27. The highest BCUT2D eigenvalue weighted by Gasteiger charge is 2.45. The van der Waals surface area contributed by atoms with Gasteiger partial charge in [-0.25, -0.2) is 0 Å². The molecule has 1 aliphatic rings. The number of anilines is 2. The van der Waals surface area contributed by atoms with Gasteiger partial charge in [-0.2, -0.15) is 0 Å². The van der Waals surface area contributed by atoms with Gasteiger partial charge in [0.1, 0.15) is 11.0 Å². The van der Waals surface area contributed by atoms with Crippen LogP contribution in [0, 0.1) is 19.3 Å². The van der Waals surface area contributed by atoms with E-state index < -0.39 is 5.41 Å². The van der Waals surface area contributed by atoms with Gasteiger partial charge in [-0.05, 0) is 95.0 Å². The Bertz CT molecular complexity index is 1720. The summed E-state index contributed by atoms with van der Waals surface area (Å²) in [6.07, 6.45) is 8.85. The fourth-order valence-electron chi connectivity index (χ4n) is 5.99. The fourth-order valence-corrected chi connectivity index (χ4v) is 5.99. The number of carbonyl (C=O) groups excluding carboxylic acids is 2. The first-order valence-electron chi connectivity index (χ1n) is 14.9. The second-order valence-corrected chi connectivity index (χ2v) is 12.0. The van der Waals surface area contributed by atoms with Gasteiger partial charge in [0.25, 0.3) is 5.56 Å². The van der Waals surface area contributed by atoms with Crippen molar-refractivity contribution in [2.75, 3.05) is 36.5 Å². The molecule has 9 nitrogen and oxygen atoms in total. The molecular formula is C34H41N5O4. The van der Waals surface area contributed by atoms with Gasteiger partial charge in [-0.1, -0.05) is 6.07 Å². The molecule has 1 aliphatic heterocycles. The van der Waals surface area contributed by atoms with E-state index in [0.29, 0.717) is 30.6 Å². The minimum Gasteiger partial charge on any atom is -0.464 e. The Hall–Kier alpha value is -4.24. The number of pyridine rings is 2. The first kappa shape index (κ1) is 30.2. The molecule has 1 aromatic carbocycles. The topological polar surface area (TPSA) is 91.9 Å². The lowest BCUT2D eigenvalue weighted by atomic mass is 9.90. The van der Waals surface area contributed by atoms with Gasteiger partial charge >= 0.3 is 0 Å². The van der Waals surface area contributed by atoms with Gasteiger partial charge in [0, 0.05) is 57.4 Å². The van der Waals surface area contributed by atoms with Gasteiger partial charge < -0.3 is 18.8 Å². The Labute approximate surface area is 252 Å². The van der Waals surface area contributed by atoms with Crippen LogP contribution in [0.1, 0.15) is 49.4 Å². The highest BCUT2D eigenvalue weighted by molar-refractivity contribution is 6.19. The molecule has 0 N–H and O–H groups in total. The molecule has 226 valence electrons. The van der Waals surface area contributed by atoms with E-state index in [4.69, 9.17) is 4.42 Å². The zero-order valence-corrected chi connectivity index (χ0v) is 26.0. The van der Waals surface area contributed by atoms with Crippen molar-refractivity contribution in [3.8, 4) is 0 Å². The number of rotatable bonds is 10. The molecule has 0 aliphatic carbocycles. The van der Waals surface area contributed by atoms with E-state index in [-0.39, 0.29) is 17.4 Å². The molecule has 9 heteroatoms. The molecule has 0 unspecified atom stereocenters. The molecule has 0 fully saturated rings. The molecule has 3 aromatic heterocycles. The maximum atomic E-state index is 13.2. The van der Waals surface area contributed by atoms with Gasteiger partial charge in [0.15, 0.2) is 0 Å². The van der Waals surface area contributed by atoms with Crippen molar-refractivity contribution in [1.29, 1.82) is 0 Å². The predicted molar refractivity (Wildman–Crippen MR) is 169 cm³/mol. The summed E-state index contributed by atoms with van der Waals surface area (Å²) in [6.45, 7) is 12.7. The molecule has 2 amide bonds. The second kappa shape index (κ2) is 12.2. The maximum Gasteiger partial charge on any atom is 0.261 e. The molecule has 0 spiro atoms. The van der Waals surface area contributed by atoms with E-state index in [1.807, 2.05) is 44.4 Å². The quantitative estimate of drug-likeness (QED) is 0.241. The maximum absolute atomic E-state index is 13.2. The Morgan fingerprint density at radius 3 is 2.51 bits per heavy atom. The number of hydrogen-bond acceptors (Lipinski definition) is 6. The largest absolute Gasteiger partial charge is 0.464 e. The lowest BCUT2D eigenvalue weighted by molar-refractivity contribution is -0.137. The van der Waals surface area contributed by atoms with Crippen LogP contribution >= 0.6 is 0 Å². The summed E-state index contributed by atoms with van der Waals surface area (Å²) in [4.78, 5) is 49.6. The van der Waals surface area contributed by atoms with Crippen molar-refractivity contribution in [1.82, 2.24) is 14.5 Å². The van der Waals surface area contributed by atoms with Crippen LogP contribution in [0.25, 0.3) is 11.0 Å². The molecule has 4 heterocycles. The summed E-state index contributed by atoms with van der Waals surface area (Å²) in [5.74, 6) is -0.384. The highest BCUT2D eigenvalue weighted by Crippen LogP contribution is 2.39. The number of benzene rings is 1. The number of furan rings is 1. The average Bonchev–Trinajstić information content (AvgIpc) is 3.49.